The molecule has 196 valence electrons. The molecule has 0 bridgehead atoms. The normalized spacial score (nSPS) is 16.4. The number of thioether (sulfide) groups is 1. The van der Waals surface area contributed by atoms with Gasteiger partial charge in [-0.1, -0.05) is 119 Å². The third-order valence-electron chi connectivity index (χ3n) is 5.80. The lowest BCUT2D eigenvalue weighted by molar-refractivity contribution is -0.123. The number of hydrogen-bond donors (Lipinski definition) is 1. The Bertz CT molecular complexity index is 1360. The SMILES string of the molecule is Cc1ccc(C(=O)NC(Oc2ccc(/C=C3\SC(=S)N(C(C)c4ccccc4)C3=O)cc2)C(Cl)(Cl)Cl)cc1. The predicted molar refractivity (Wildman–Crippen MR) is 160 cm³/mol. The van der Waals surface area contributed by atoms with E-state index in [2.05, 4.69) is 5.32 Å². The van der Waals surface area contributed by atoms with Crippen LogP contribution in [0.1, 0.15) is 40.0 Å². The van der Waals surface area contributed by atoms with Crippen LogP contribution < -0.4 is 10.1 Å². The monoisotopic (exact) mass is 604 g/mol. The summed E-state index contributed by atoms with van der Waals surface area (Å²) in [5.41, 5.74) is 3.19. The highest BCUT2D eigenvalue weighted by molar-refractivity contribution is 8.26. The van der Waals surface area contributed by atoms with E-state index >= 15 is 0 Å². The highest BCUT2D eigenvalue weighted by atomic mass is 35.6. The van der Waals surface area contributed by atoms with E-state index in [9.17, 15) is 9.59 Å². The summed E-state index contributed by atoms with van der Waals surface area (Å²) >= 11 is 25.0. The van der Waals surface area contributed by atoms with Gasteiger partial charge < -0.3 is 10.1 Å². The quantitative estimate of drug-likeness (QED) is 0.131. The number of hydrogen-bond acceptors (Lipinski definition) is 5. The fraction of sp³-hybridized carbons (Fsp3) is 0.179. The van der Waals surface area contributed by atoms with Crippen molar-refractivity contribution in [3.8, 4) is 5.75 Å². The fourth-order valence-corrected chi connectivity index (χ4v) is 5.43. The Morgan fingerprint density at radius 1 is 1.03 bits per heavy atom. The number of nitrogens with zero attached hydrogens (tertiary/aromatic N) is 1. The maximum absolute atomic E-state index is 13.1. The average molecular weight is 606 g/mol. The lowest BCUT2D eigenvalue weighted by Gasteiger charge is -2.26. The first-order chi connectivity index (χ1) is 18.0. The molecule has 0 saturated carbocycles. The number of carbonyl (C=O) groups excluding carboxylic acids is 2. The van der Waals surface area contributed by atoms with E-state index in [4.69, 9.17) is 51.8 Å². The van der Waals surface area contributed by atoms with Gasteiger partial charge in [-0.05, 0) is 55.3 Å². The van der Waals surface area contributed by atoms with E-state index in [1.165, 1.54) is 11.8 Å². The van der Waals surface area contributed by atoms with Crippen molar-refractivity contribution in [3.05, 3.63) is 106 Å². The predicted octanol–water partition coefficient (Wildman–Crippen LogP) is 7.46. The zero-order valence-electron chi connectivity index (χ0n) is 20.4. The molecule has 0 aromatic heterocycles. The van der Waals surface area contributed by atoms with Crippen molar-refractivity contribution in [2.24, 2.45) is 0 Å². The molecule has 0 radical (unpaired) electrons. The number of amides is 2. The maximum Gasteiger partial charge on any atom is 0.266 e. The summed E-state index contributed by atoms with van der Waals surface area (Å²) < 4.78 is 4.38. The van der Waals surface area contributed by atoms with Crippen LogP contribution in [0.15, 0.2) is 83.8 Å². The van der Waals surface area contributed by atoms with Gasteiger partial charge in [0.1, 0.15) is 10.1 Å². The molecule has 0 aliphatic carbocycles. The molecule has 38 heavy (non-hydrogen) atoms. The maximum atomic E-state index is 13.1. The molecule has 2 amide bonds. The number of benzene rings is 3. The summed E-state index contributed by atoms with van der Waals surface area (Å²) in [7, 11) is 0. The van der Waals surface area contributed by atoms with Gasteiger partial charge in [0.05, 0.1) is 10.9 Å². The van der Waals surface area contributed by atoms with Gasteiger partial charge in [-0.15, -0.1) is 0 Å². The summed E-state index contributed by atoms with van der Waals surface area (Å²) in [6.45, 7) is 3.87. The number of nitrogens with one attached hydrogen (secondary N) is 1. The number of alkyl halides is 3. The molecule has 5 nitrogen and oxygen atoms in total. The van der Waals surface area contributed by atoms with E-state index in [0.29, 0.717) is 20.5 Å². The zero-order valence-corrected chi connectivity index (χ0v) is 24.3. The van der Waals surface area contributed by atoms with Crippen molar-refractivity contribution in [3.63, 3.8) is 0 Å². The molecule has 1 fully saturated rings. The average Bonchev–Trinajstić information content (AvgIpc) is 3.16. The Hall–Kier alpha value is -2.55. The Morgan fingerprint density at radius 3 is 2.26 bits per heavy atom. The third kappa shape index (κ3) is 6.90. The summed E-state index contributed by atoms with van der Waals surface area (Å²) in [6, 6.07) is 23.4. The largest absolute Gasteiger partial charge is 0.466 e. The molecule has 2 unspecified atom stereocenters. The van der Waals surface area contributed by atoms with Crippen molar-refractivity contribution in [1.82, 2.24) is 10.2 Å². The number of ether oxygens (including phenoxy) is 1. The lowest BCUT2D eigenvalue weighted by Crippen LogP contribution is -2.47. The van der Waals surface area contributed by atoms with Crippen LogP contribution in [0.3, 0.4) is 0 Å². The van der Waals surface area contributed by atoms with E-state index in [1.54, 1.807) is 47.4 Å². The summed E-state index contributed by atoms with van der Waals surface area (Å²) in [6.07, 6.45) is 0.523. The van der Waals surface area contributed by atoms with Gasteiger partial charge in [0.25, 0.3) is 11.8 Å². The van der Waals surface area contributed by atoms with E-state index < -0.39 is 15.9 Å². The van der Waals surface area contributed by atoms with E-state index in [1.807, 2.05) is 56.3 Å². The molecule has 1 aliphatic heterocycles. The molecule has 3 aromatic rings. The minimum absolute atomic E-state index is 0.147. The fourth-order valence-electron chi connectivity index (χ4n) is 3.71. The highest BCUT2D eigenvalue weighted by Gasteiger charge is 2.37. The minimum Gasteiger partial charge on any atom is -0.466 e. The first kappa shape index (κ1) is 28.5. The van der Waals surface area contributed by atoms with Crippen LogP contribution in [0.4, 0.5) is 0 Å². The van der Waals surface area contributed by atoms with Gasteiger partial charge in [0.2, 0.25) is 10.0 Å². The number of carbonyl (C=O) groups is 2. The number of aryl methyl sites for hydroxylation is 1. The van der Waals surface area contributed by atoms with Gasteiger partial charge in [0, 0.05) is 5.56 Å². The van der Waals surface area contributed by atoms with Crippen LogP contribution >= 0.6 is 58.8 Å². The van der Waals surface area contributed by atoms with Crippen LogP contribution in [-0.4, -0.2) is 31.1 Å². The Labute approximate surface area is 246 Å². The second-order valence-electron chi connectivity index (χ2n) is 8.59. The molecular weight excluding hydrogens is 583 g/mol. The van der Waals surface area contributed by atoms with Crippen molar-refractivity contribution >= 4 is 81.0 Å². The summed E-state index contributed by atoms with van der Waals surface area (Å²) in [4.78, 5) is 27.9. The van der Waals surface area contributed by atoms with Crippen LogP contribution in [0, 0.1) is 6.92 Å². The highest BCUT2D eigenvalue weighted by Crippen LogP contribution is 2.38. The molecule has 1 saturated heterocycles. The second-order valence-corrected chi connectivity index (χ2v) is 12.6. The van der Waals surface area contributed by atoms with Crippen molar-refractivity contribution < 1.29 is 14.3 Å². The van der Waals surface area contributed by atoms with Gasteiger partial charge in [0.15, 0.2) is 0 Å². The third-order valence-corrected chi connectivity index (χ3v) is 7.72. The van der Waals surface area contributed by atoms with Gasteiger partial charge in [-0.3, -0.25) is 14.5 Å². The number of thiocarbonyl (C=S) groups is 1. The number of halogens is 3. The first-order valence-electron chi connectivity index (χ1n) is 11.6. The minimum atomic E-state index is -1.93. The smallest absolute Gasteiger partial charge is 0.266 e. The number of rotatable bonds is 7. The van der Waals surface area contributed by atoms with Crippen molar-refractivity contribution in [2.45, 2.75) is 29.9 Å². The second kappa shape index (κ2) is 12.1. The topological polar surface area (TPSA) is 58.6 Å². The molecule has 2 atom stereocenters. The van der Waals surface area contributed by atoms with Crippen molar-refractivity contribution in [1.29, 1.82) is 0 Å². The van der Waals surface area contributed by atoms with Gasteiger partial charge in [-0.25, -0.2) is 0 Å². The molecule has 10 heteroatoms. The Balaban J connectivity index is 1.45. The van der Waals surface area contributed by atoms with Gasteiger partial charge >= 0.3 is 0 Å². The van der Waals surface area contributed by atoms with Crippen LogP contribution in [0.25, 0.3) is 6.08 Å². The molecule has 0 spiro atoms. The standard InChI is InChI=1S/C28H23Cl3N2O3S2/c1-17-8-12-21(13-9-17)24(34)32-26(28(29,30)31)36-22-14-10-19(11-15-22)16-23-25(35)33(27(37)38-23)18(2)20-6-4-3-5-7-20/h3-16,18,26H,1-2H3,(H,32,34)/b23-16-. The Morgan fingerprint density at radius 2 is 1.66 bits per heavy atom. The van der Waals surface area contributed by atoms with E-state index in [0.717, 1.165) is 16.7 Å². The van der Waals surface area contributed by atoms with Gasteiger partial charge in [-0.2, -0.15) is 0 Å². The molecule has 3 aromatic carbocycles. The molecule has 1 N–H and O–H groups in total. The van der Waals surface area contributed by atoms with Crippen LogP contribution in [-0.2, 0) is 4.79 Å². The lowest BCUT2D eigenvalue weighted by atomic mass is 10.1. The summed E-state index contributed by atoms with van der Waals surface area (Å²) in [5.74, 6) is -0.218. The summed E-state index contributed by atoms with van der Waals surface area (Å²) in [5, 5.41) is 2.62. The first-order valence-corrected chi connectivity index (χ1v) is 13.9. The van der Waals surface area contributed by atoms with Crippen LogP contribution in [0.2, 0.25) is 0 Å². The Kier molecular flexibility index (Phi) is 9.06. The molecule has 1 aliphatic rings. The zero-order chi connectivity index (χ0) is 27.4. The molecule has 4 rings (SSSR count). The van der Waals surface area contributed by atoms with Crippen molar-refractivity contribution in [2.75, 3.05) is 0 Å². The molecule has 1 heterocycles. The van der Waals surface area contributed by atoms with E-state index in [-0.39, 0.29) is 11.9 Å². The molecular formula is C28H23Cl3N2O3S2. The van der Waals surface area contributed by atoms with Crippen LogP contribution in [0.5, 0.6) is 5.75 Å².